The van der Waals surface area contributed by atoms with Gasteiger partial charge in [-0.2, -0.15) is 0 Å². The van der Waals surface area contributed by atoms with Crippen molar-refractivity contribution in [3.8, 4) is 0 Å². The number of hydrogen-bond acceptors (Lipinski definition) is 1. The van der Waals surface area contributed by atoms with Crippen molar-refractivity contribution in [1.82, 2.24) is 4.98 Å². The van der Waals surface area contributed by atoms with Crippen LogP contribution in [-0.4, -0.2) is 4.98 Å². The summed E-state index contributed by atoms with van der Waals surface area (Å²) in [7, 11) is 0. The molecular formula is C6H3BrClF2NO. The third-order valence-corrected chi connectivity index (χ3v) is 2.22. The Kier molecular flexibility index (Phi) is 2.85. The molecule has 6 heteroatoms. The summed E-state index contributed by atoms with van der Waals surface area (Å²) in [5, 5.41) is -0.0986. The number of hydrogen-bond donors (Lipinski definition) is 1. The molecule has 1 heterocycles. The number of halogens is 4. The Morgan fingerprint density at radius 1 is 1.58 bits per heavy atom. The van der Waals surface area contributed by atoms with E-state index < -0.39 is 17.5 Å². The van der Waals surface area contributed by atoms with E-state index in [0.29, 0.717) is 0 Å². The van der Waals surface area contributed by atoms with E-state index in [2.05, 4.69) is 20.9 Å². The van der Waals surface area contributed by atoms with Crippen LogP contribution in [0.4, 0.5) is 8.78 Å². The van der Waals surface area contributed by atoms with Crippen molar-refractivity contribution in [2.24, 2.45) is 0 Å². The van der Waals surface area contributed by atoms with Crippen LogP contribution < -0.4 is 5.56 Å². The summed E-state index contributed by atoms with van der Waals surface area (Å²) in [6, 6.07) is 1.01. The lowest BCUT2D eigenvalue weighted by atomic mass is 10.3. The molecule has 0 saturated heterocycles. The minimum atomic E-state index is -2.71. The summed E-state index contributed by atoms with van der Waals surface area (Å²) in [4.78, 5) is 13.0. The molecule has 0 aliphatic heterocycles. The molecule has 1 aromatic rings. The fraction of sp³-hybridized carbons (Fsp3) is 0.167. The third-order valence-electron chi connectivity index (χ3n) is 1.20. The minimum absolute atomic E-state index is 0.0986. The molecule has 0 aliphatic rings. The molecule has 1 N–H and O–H groups in total. The second-order valence-corrected chi connectivity index (χ2v) is 3.22. The Balaban J connectivity index is 3.38. The molecule has 0 unspecified atom stereocenters. The minimum Gasteiger partial charge on any atom is -0.312 e. The normalized spacial score (nSPS) is 10.8. The molecule has 0 aromatic carbocycles. The van der Waals surface area contributed by atoms with Gasteiger partial charge < -0.3 is 4.98 Å². The zero-order valence-electron chi connectivity index (χ0n) is 5.57. The first-order valence-corrected chi connectivity index (χ1v) is 4.06. The van der Waals surface area contributed by atoms with E-state index in [1.807, 2.05) is 0 Å². The van der Waals surface area contributed by atoms with Crippen molar-refractivity contribution in [2.75, 3.05) is 0 Å². The molecule has 0 amide bonds. The van der Waals surface area contributed by atoms with Crippen LogP contribution in [0.2, 0.25) is 5.15 Å². The van der Waals surface area contributed by atoms with Crippen LogP contribution in [0.15, 0.2) is 15.3 Å². The Hall–Kier alpha value is -0.420. The van der Waals surface area contributed by atoms with Crippen molar-refractivity contribution in [3.63, 3.8) is 0 Å². The molecule has 12 heavy (non-hydrogen) atoms. The van der Waals surface area contributed by atoms with Crippen molar-refractivity contribution < 1.29 is 8.78 Å². The highest BCUT2D eigenvalue weighted by Gasteiger charge is 2.14. The summed E-state index contributed by atoms with van der Waals surface area (Å²) >= 11 is 8.09. The zero-order chi connectivity index (χ0) is 9.30. The molecule has 1 aromatic heterocycles. The largest absolute Gasteiger partial charge is 0.312 e. The van der Waals surface area contributed by atoms with Crippen LogP contribution in [0.1, 0.15) is 12.0 Å². The molecule has 0 atom stereocenters. The lowest BCUT2D eigenvalue weighted by Crippen LogP contribution is -2.09. The van der Waals surface area contributed by atoms with Gasteiger partial charge in [0.1, 0.15) is 5.15 Å². The van der Waals surface area contributed by atoms with Gasteiger partial charge in [0.25, 0.3) is 12.0 Å². The smallest absolute Gasteiger partial charge is 0.265 e. The molecule has 0 radical (unpaired) electrons. The molecule has 66 valence electrons. The van der Waals surface area contributed by atoms with Crippen LogP contribution in [0.3, 0.4) is 0 Å². The average molecular weight is 258 g/mol. The first-order valence-electron chi connectivity index (χ1n) is 2.88. The number of H-pyrrole nitrogens is 1. The Morgan fingerprint density at radius 3 is 2.67 bits per heavy atom. The fourth-order valence-corrected chi connectivity index (χ4v) is 1.28. The number of aromatic nitrogens is 1. The summed E-state index contributed by atoms with van der Waals surface area (Å²) in [5.41, 5.74) is -1.05. The quantitative estimate of drug-likeness (QED) is 0.772. The highest BCUT2D eigenvalue weighted by Crippen LogP contribution is 2.25. The van der Waals surface area contributed by atoms with Crippen LogP contribution in [0.25, 0.3) is 0 Å². The van der Waals surface area contributed by atoms with E-state index in [4.69, 9.17) is 11.6 Å². The van der Waals surface area contributed by atoms with Crippen LogP contribution >= 0.6 is 27.5 Å². The van der Waals surface area contributed by atoms with Gasteiger partial charge in [-0.05, 0) is 22.0 Å². The molecule has 0 saturated carbocycles. The van der Waals surface area contributed by atoms with Crippen molar-refractivity contribution in [2.45, 2.75) is 6.43 Å². The molecule has 0 aliphatic carbocycles. The van der Waals surface area contributed by atoms with E-state index in [1.54, 1.807) is 0 Å². The summed E-state index contributed by atoms with van der Waals surface area (Å²) in [6.45, 7) is 0. The second-order valence-electron chi connectivity index (χ2n) is 2.02. The van der Waals surface area contributed by atoms with E-state index in [9.17, 15) is 13.6 Å². The molecular weight excluding hydrogens is 255 g/mol. The van der Waals surface area contributed by atoms with E-state index in [-0.39, 0.29) is 9.63 Å². The van der Waals surface area contributed by atoms with Gasteiger partial charge in [0.2, 0.25) is 0 Å². The van der Waals surface area contributed by atoms with Gasteiger partial charge in [-0.1, -0.05) is 11.6 Å². The van der Waals surface area contributed by atoms with Crippen molar-refractivity contribution in [1.29, 1.82) is 0 Å². The first-order chi connectivity index (χ1) is 5.52. The second kappa shape index (κ2) is 3.53. The van der Waals surface area contributed by atoms with Gasteiger partial charge in [0.05, 0.1) is 4.47 Å². The Labute approximate surface area is 79.7 Å². The lowest BCUT2D eigenvalue weighted by molar-refractivity contribution is 0.150. The lowest BCUT2D eigenvalue weighted by Gasteiger charge is -2.01. The van der Waals surface area contributed by atoms with Crippen molar-refractivity contribution >= 4 is 27.5 Å². The van der Waals surface area contributed by atoms with E-state index >= 15 is 0 Å². The average Bonchev–Trinajstić information content (AvgIpc) is 1.96. The third kappa shape index (κ3) is 1.84. The zero-order valence-corrected chi connectivity index (χ0v) is 7.92. The van der Waals surface area contributed by atoms with Crippen LogP contribution in [0, 0.1) is 0 Å². The molecule has 1 rings (SSSR count). The molecule has 0 spiro atoms. The standard InChI is InChI=1S/C6H3BrClF2NO/c7-4-2(5(9)10)1-3(8)11-6(4)12/h1,5H,(H,11,12). The SMILES string of the molecule is O=c1[nH]c(Cl)cc(C(F)F)c1Br. The maximum atomic E-state index is 12.1. The number of pyridine rings is 1. The maximum absolute atomic E-state index is 12.1. The summed E-state index contributed by atoms with van der Waals surface area (Å²) < 4.78 is 24.1. The molecule has 0 bridgehead atoms. The Bertz CT molecular complexity index is 352. The van der Waals surface area contributed by atoms with Crippen molar-refractivity contribution in [3.05, 3.63) is 31.6 Å². The van der Waals surface area contributed by atoms with Gasteiger partial charge in [-0.3, -0.25) is 4.79 Å². The van der Waals surface area contributed by atoms with Gasteiger partial charge in [0, 0.05) is 5.56 Å². The van der Waals surface area contributed by atoms with Gasteiger partial charge in [0.15, 0.2) is 0 Å². The van der Waals surface area contributed by atoms with Gasteiger partial charge in [-0.15, -0.1) is 0 Å². The molecule has 0 fully saturated rings. The monoisotopic (exact) mass is 257 g/mol. The first kappa shape index (κ1) is 9.67. The highest BCUT2D eigenvalue weighted by molar-refractivity contribution is 9.10. The van der Waals surface area contributed by atoms with E-state index in [1.165, 1.54) is 0 Å². The fourth-order valence-electron chi connectivity index (χ4n) is 0.689. The number of nitrogens with one attached hydrogen (secondary N) is 1. The van der Waals surface area contributed by atoms with Crippen LogP contribution in [0.5, 0.6) is 0 Å². The van der Waals surface area contributed by atoms with Gasteiger partial charge >= 0.3 is 0 Å². The summed E-state index contributed by atoms with van der Waals surface area (Å²) in [5.74, 6) is 0. The number of rotatable bonds is 1. The maximum Gasteiger partial charge on any atom is 0.265 e. The van der Waals surface area contributed by atoms with Gasteiger partial charge in [-0.25, -0.2) is 8.78 Å². The van der Waals surface area contributed by atoms with Crippen LogP contribution in [-0.2, 0) is 0 Å². The van der Waals surface area contributed by atoms with E-state index in [0.717, 1.165) is 6.07 Å². The predicted octanol–water partition coefficient (Wildman–Crippen LogP) is 2.73. The predicted molar refractivity (Wildman–Crippen MR) is 44.7 cm³/mol. The topological polar surface area (TPSA) is 32.9 Å². The highest BCUT2D eigenvalue weighted by atomic mass is 79.9. The number of aromatic amines is 1. The Morgan fingerprint density at radius 2 is 2.17 bits per heavy atom. The molecule has 2 nitrogen and oxygen atoms in total. The number of alkyl halides is 2. The summed E-state index contributed by atoms with van der Waals surface area (Å²) in [6.07, 6.45) is -2.71.